The second kappa shape index (κ2) is 16.3. The van der Waals surface area contributed by atoms with E-state index in [1.165, 1.54) is 7.11 Å². The van der Waals surface area contributed by atoms with Gasteiger partial charge in [0.2, 0.25) is 0 Å². The zero-order valence-electron chi connectivity index (χ0n) is 33.4. The summed E-state index contributed by atoms with van der Waals surface area (Å²) >= 11 is 0. The van der Waals surface area contributed by atoms with Crippen LogP contribution in [0, 0.1) is 0 Å². The van der Waals surface area contributed by atoms with E-state index in [2.05, 4.69) is 82.0 Å². The van der Waals surface area contributed by atoms with E-state index in [-0.39, 0.29) is 0 Å². The van der Waals surface area contributed by atoms with Crippen molar-refractivity contribution in [1.29, 1.82) is 0 Å². The number of benzene rings is 4. The molecule has 3 aromatic heterocycles. The molecule has 6 N–H and O–H groups in total. The molecule has 3 aliphatic rings. The lowest BCUT2D eigenvalue weighted by molar-refractivity contribution is -0.282. The summed E-state index contributed by atoms with van der Waals surface area (Å²) in [5.74, 6) is -0.704. The molecule has 1 fully saturated rings. The fourth-order valence-electron chi connectivity index (χ4n) is 8.43. The molecular weight excluding hydrogens is 779 g/mol. The van der Waals surface area contributed by atoms with E-state index in [9.17, 15) is 20.1 Å². The third-order valence-electron chi connectivity index (χ3n) is 11.4. The number of H-pyrrole nitrogens is 2. The topological polar surface area (TPSA) is 166 Å². The Morgan fingerprint density at radius 3 is 1.26 bits per heavy atom. The number of methoxy groups -OCH3 is 1. The summed E-state index contributed by atoms with van der Waals surface area (Å²) in [5, 5.41) is 33.9. The lowest BCUT2D eigenvalue weighted by atomic mass is 9.98. The van der Waals surface area contributed by atoms with Gasteiger partial charge in [0.15, 0.2) is 12.4 Å². The van der Waals surface area contributed by atoms with Crippen molar-refractivity contribution in [3.05, 3.63) is 162 Å². The maximum Gasteiger partial charge on any atom is 0.256 e. The number of aliphatic hydroxyl groups excluding tert-OH is 3. The highest BCUT2D eigenvalue weighted by Gasteiger charge is 2.47. The third-order valence-corrected chi connectivity index (χ3v) is 11.4. The van der Waals surface area contributed by atoms with E-state index in [4.69, 9.17) is 19.4 Å². The van der Waals surface area contributed by atoms with Gasteiger partial charge < -0.3 is 40.1 Å². The van der Waals surface area contributed by atoms with Crippen LogP contribution >= 0.6 is 0 Å². The standard InChI is InChI=1S/C51H41N5O6/c1-61-51-48(59)46(57)47(58)49(62-51)50(60)52-33-19-17-32(18-20-33)45-40-27-25-38(55-40)43(30-13-7-3-8-14-30)36-23-21-34(53-36)42(29-11-5-2-6-12-29)35-22-24-37(54-35)44(31-15-9-4-10-16-31)39-26-28-41(45)56-39/h2-28,46-49,51,53,56-59H,1H3,(H,52,60)/t46-,47-,48+,49-,51-/m0/s1. The van der Waals surface area contributed by atoms with Crippen LogP contribution in [0.2, 0.25) is 0 Å². The van der Waals surface area contributed by atoms with Gasteiger partial charge in [0.1, 0.15) is 18.3 Å². The van der Waals surface area contributed by atoms with Crippen molar-refractivity contribution in [3.63, 3.8) is 0 Å². The summed E-state index contributed by atoms with van der Waals surface area (Å²) in [6.45, 7) is 0. The molecule has 11 heteroatoms. The molecule has 0 aliphatic carbocycles. The number of hydrogen-bond acceptors (Lipinski definition) is 8. The Bertz CT molecular complexity index is 3000. The van der Waals surface area contributed by atoms with Gasteiger partial charge in [-0.05, 0) is 83.0 Å². The fourth-order valence-corrected chi connectivity index (χ4v) is 8.43. The number of nitrogens with zero attached hydrogens (tertiary/aromatic N) is 2. The van der Waals surface area contributed by atoms with E-state index in [0.717, 1.165) is 89.4 Å². The van der Waals surface area contributed by atoms with Crippen molar-refractivity contribution in [2.24, 2.45) is 0 Å². The van der Waals surface area contributed by atoms with Crippen LogP contribution in [-0.4, -0.2) is 79.0 Å². The van der Waals surface area contributed by atoms with Crippen LogP contribution in [0.25, 0.3) is 90.9 Å². The van der Waals surface area contributed by atoms with Crippen LogP contribution in [0.3, 0.4) is 0 Å². The Labute approximate surface area is 356 Å². The van der Waals surface area contributed by atoms with Crippen LogP contribution in [0.1, 0.15) is 22.8 Å². The van der Waals surface area contributed by atoms with Crippen molar-refractivity contribution >= 4 is 58.0 Å². The number of fused-ring (bicyclic) bond motifs is 8. The van der Waals surface area contributed by atoms with Gasteiger partial charge in [-0.1, -0.05) is 103 Å². The number of aromatic amines is 2. The van der Waals surface area contributed by atoms with Crippen molar-refractivity contribution in [2.75, 3.05) is 12.4 Å². The Morgan fingerprint density at radius 2 is 0.887 bits per heavy atom. The fraction of sp³-hybridized carbons (Fsp3) is 0.118. The summed E-state index contributed by atoms with van der Waals surface area (Å²) in [6, 6.07) is 46.3. The van der Waals surface area contributed by atoms with Gasteiger partial charge in [-0.3, -0.25) is 4.79 Å². The van der Waals surface area contributed by atoms with Crippen molar-refractivity contribution in [2.45, 2.75) is 30.7 Å². The maximum absolute atomic E-state index is 13.4. The van der Waals surface area contributed by atoms with Crippen molar-refractivity contribution < 1.29 is 29.6 Å². The number of carbonyl (C=O) groups is 1. The number of amides is 1. The highest BCUT2D eigenvalue weighted by Crippen LogP contribution is 2.38. The number of ether oxygens (including phenoxy) is 2. The Kier molecular flexibility index (Phi) is 10.2. The molecule has 0 unspecified atom stereocenters. The lowest BCUT2D eigenvalue weighted by Crippen LogP contribution is -2.61. The van der Waals surface area contributed by atoms with Crippen LogP contribution in [0.15, 0.2) is 140 Å². The zero-order valence-corrected chi connectivity index (χ0v) is 33.4. The molecule has 1 amide bonds. The Balaban J connectivity index is 1.19. The van der Waals surface area contributed by atoms with E-state index >= 15 is 0 Å². The van der Waals surface area contributed by atoms with Gasteiger partial charge in [-0.15, -0.1) is 0 Å². The van der Waals surface area contributed by atoms with Gasteiger partial charge >= 0.3 is 0 Å². The molecule has 0 radical (unpaired) electrons. The number of hydrogen-bond donors (Lipinski definition) is 6. The summed E-state index contributed by atoms with van der Waals surface area (Å²) in [4.78, 5) is 31.6. The van der Waals surface area contributed by atoms with E-state index in [0.29, 0.717) is 5.69 Å². The minimum Gasteiger partial charge on any atom is -0.387 e. The highest BCUT2D eigenvalue weighted by molar-refractivity contribution is 6.00. The van der Waals surface area contributed by atoms with Gasteiger partial charge in [-0.2, -0.15) is 0 Å². The number of nitrogens with one attached hydrogen (secondary N) is 3. The Morgan fingerprint density at radius 1 is 0.516 bits per heavy atom. The van der Waals surface area contributed by atoms with Gasteiger partial charge in [-0.25, -0.2) is 9.97 Å². The molecule has 306 valence electrons. The van der Waals surface area contributed by atoms with Crippen molar-refractivity contribution in [3.8, 4) is 44.5 Å². The molecule has 6 heterocycles. The molecule has 0 spiro atoms. The van der Waals surface area contributed by atoms with E-state index in [1.807, 2.05) is 84.9 Å². The van der Waals surface area contributed by atoms with Crippen LogP contribution < -0.4 is 5.32 Å². The SMILES string of the molecule is CO[C@H]1O[C@H](C(=O)Nc2ccc(-c3c4nc(c(-c5ccccc5)c5ccc([nH]5)c(-c5ccccc5)c5nc(c(-c6ccccc6)c6ccc3[nH]6)C=C5)C=C4)cc2)[C@@H](O)[C@H](O)[C@H]1O. The first kappa shape index (κ1) is 38.9. The largest absolute Gasteiger partial charge is 0.387 e. The molecule has 10 rings (SSSR count). The molecule has 62 heavy (non-hydrogen) atoms. The van der Waals surface area contributed by atoms with Crippen LogP contribution in [0.5, 0.6) is 0 Å². The number of aromatic nitrogens is 4. The van der Waals surface area contributed by atoms with Gasteiger partial charge in [0, 0.05) is 57.1 Å². The van der Waals surface area contributed by atoms with Crippen LogP contribution in [0.4, 0.5) is 5.69 Å². The maximum atomic E-state index is 13.4. The molecule has 3 aliphatic heterocycles. The average molecular weight is 820 g/mol. The molecule has 8 bridgehead atoms. The van der Waals surface area contributed by atoms with Gasteiger partial charge in [0.05, 0.1) is 22.8 Å². The molecule has 0 saturated carbocycles. The normalized spacial score (nSPS) is 19.4. The summed E-state index contributed by atoms with van der Waals surface area (Å²) < 4.78 is 10.6. The molecule has 7 aromatic rings. The lowest BCUT2D eigenvalue weighted by Gasteiger charge is -2.38. The van der Waals surface area contributed by atoms with E-state index < -0.39 is 36.6 Å². The monoisotopic (exact) mass is 819 g/mol. The summed E-state index contributed by atoms with van der Waals surface area (Å²) in [7, 11) is 1.28. The third kappa shape index (κ3) is 7.13. The number of anilines is 1. The minimum absolute atomic E-state index is 0.424. The van der Waals surface area contributed by atoms with Crippen molar-refractivity contribution in [1.82, 2.24) is 19.9 Å². The number of rotatable bonds is 7. The number of aliphatic hydroxyl groups is 3. The molecule has 5 atom stereocenters. The quantitative estimate of drug-likeness (QED) is 0.0930. The predicted molar refractivity (Wildman–Crippen MR) is 243 cm³/mol. The molecule has 11 nitrogen and oxygen atoms in total. The first-order valence-electron chi connectivity index (χ1n) is 20.3. The molecule has 4 aromatic carbocycles. The first-order chi connectivity index (χ1) is 30.3. The minimum atomic E-state index is -1.67. The molecular formula is C51H41N5O6. The van der Waals surface area contributed by atoms with E-state index in [1.54, 1.807) is 12.1 Å². The second-order valence-corrected chi connectivity index (χ2v) is 15.3. The summed E-state index contributed by atoms with van der Waals surface area (Å²) in [6.07, 6.45) is 0.607. The first-order valence-corrected chi connectivity index (χ1v) is 20.3. The predicted octanol–water partition coefficient (Wildman–Crippen LogP) is 8.72. The second-order valence-electron chi connectivity index (χ2n) is 15.3. The number of carbonyl (C=O) groups excluding carboxylic acids is 1. The smallest absolute Gasteiger partial charge is 0.256 e. The molecule has 1 saturated heterocycles. The van der Waals surface area contributed by atoms with Gasteiger partial charge in [0.25, 0.3) is 5.91 Å². The highest BCUT2D eigenvalue weighted by atomic mass is 16.7. The summed E-state index contributed by atoms with van der Waals surface area (Å²) in [5.41, 5.74) is 14.6. The van der Waals surface area contributed by atoms with Crippen LogP contribution in [-0.2, 0) is 14.3 Å². The average Bonchev–Trinajstić information content (AvgIpc) is 4.16. The Hall–Kier alpha value is -7.25. The zero-order chi connectivity index (χ0) is 42.3.